The molecule has 2 atom stereocenters. The van der Waals surface area contributed by atoms with Gasteiger partial charge in [0, 0.05) is 37.0 Å². The second kappa shape index (κ2) is 14.4. The van der Waals surface area contributed by atoms with Gasteiger partial charge in [0.15, 0.2) is 17.4 Å². The van der Waals surface area contributed by atoms with Gasteiger partial charge in [-0.15, -0.1) is 10.2 Å². The number of aryl methyl sites for hydroxylation is 1. The van der Waals surface area contributed by atoms with Crippen LogP contribution in [-0.2, 0) is 24.2 Å². The van der Waals surface area contributed by atoms with E-state index in [-0.39, 0.29) is 31.8 Å². The smallest absolute Gasteiger partial charge is 0.243 e. The summed E-state index contributed by atoms with van der Waals surface area (Å²) >= 11 is 3.66. The maximum absolute atomic E-state index is 14.9. The lowest BCUT2D eigenvalue weighted by Gasteiger charge is -2.37. The first-order valence-electron chi connectivity index (χ1n) is 15.5. The van der Waals surface area contributed by atoms with Gasteiger partial charge in [-0.2, -0.15) is 0 Å². The van der Waals surface area contributed by atoms with Crippen molar-refractivity contribution in [2.75, 3.05) is 31.2 Å². The molecule has 254 valence electrons. The van der Waals surface area contributed by atoms with Gasteiger partial charge in [0.05, 0.1) is 32.5 Å². The molecule has 4 rings (SSSR count). The monoisotopic (exact) mass is 738 g/mol. The summed E-state index contributed by atoms with van der Waals surface area (Å²) in [4.78, 5) is 8.92. The van der Waals surface area contributed by atoms with Gasteiger partial charge in [-0.1, -0.05) is 35.6 Å². The van der Waals surface area contributed by atoms with Gasteiger partial charge in [0.25, 0.3) is 0 Å². The number of sulfonamides is 1. The third kappa shape index (κ3) is 8.53. The van der Waals surface area contributed by atoms with Gasteiger partial charge in [-0.05, 0) is 71.3 Å². The number of ether oxygens (including phenoxy) is 4. The first-order chi connectivity index (χ1) is 21.4. The summed E-state index contributed by atoms with van der Waals surface area (Å²) in [5, 5.41) is 8.12. The predicted molar refractivity (Wildman–Crippen MR) is 184 cm³/mol. The lowest BCUT2D eigenvalue weighted by Crippen LogP contribution is -2.46. The number of benzene rings is 1. The summed E-state index contributed by atoms with van der Waals surface area (Å²) in [7, 11) is -4.29. The average molecular weight is 740 g/mol. The van der Waals surface area contributed by atoms with Gasteiger partial charge < -0.3 is 18.9 Å². The van der Waals surface area contributed by atoms with Crippen LogP contribution in [0, 0.1) is 6.92 Å². The van der Waals surface area contributed by atoms with E-state index in [1.54, 1.807) is 26.4 Å². The van der Waals surface area contributed by atoms with Gasteiger partial charge in [-0.25, -0.2) is 22.7 Å². The van der Waals surface area contributed by atoms with Crippen LogP contribution in [0.4, 0.5) is 5.95 Å². The minimum Gasteiger partial charge on any atom is -0.497 e. The van der Waals surface area contributed by atoms with Crippen molar-refractivity contribution in [3.63, 3.8) is 0 Å². The lowest BCUT2D eigenvalue weighted by molar-refractivity contribution is -0.258. The van der Waals surface area contributed by atoms with E-state index in [4.69, 9.17) is 18.9 Å². The molecule has 1 aliphatic rings. The largest absolute Gasteiger partial charge is 0.497 e. The van der Waals surface area contributed by atoms with Gasteiger partial charge in [-0.3, -0.25) is 4.57 Å². The molecule has 3 aromatic rings. The molecule has 15 heteroatoms. The van der Waals surface area contributed by atoms with Crippen LogP contribution in [0.25, 0.3) is 11.4 Å². The molecule has 0 N–H and O–H groups in total. The quantitative estimate of drug-likeness (QED) is 0.188. The van der Waals surface area contributed by atoms with E-state index >= 15 is 0 Å². The average Bonchev–Trinajstić information content (AvgIpc) is 3.39. The number of hydrogen-bond donors (Lipinski definition) is 0. The summed E-state index contributed by atoms with van der Waals surface area (Å²) < 4.78 is 57.6. The molecule has 1 saturated heterocycles. The number of hydrogen-bond acceptors (Lipinski definition) is 10. The molecule has 3 heterocycles. The molecule has 12 nitrogen and oxygen atoms in total. The number of aromatic nitrogens is 5. The molecule has 2 unspecified atom stereocenters. The molecule has 2 aromatic heterocycles. The Morgan fingerprint density at radius 1 is 1.11 bits per heavy atom. The summed E-state index contributed by atoms with van der Waals surface area (Å²) in [6.45, 7) is 18.3. The van der Waals surface area contributed by atoms with Crippen molar-refractivity contribution in [3.05, 3.63) is 46.5 Å². The van der Waals surface area contributed by atoms with Crippen LogP contribution in [0.5, 0.6) is 5.75 Å². The fourth-order valence-electron chi connectivity index (χ4n) is 4.97. The molecular formula is C31H47BrN6O6SSi. The molecule has 0 bridgehead atoms. The molecule has 46 heavy (non-hydrogen) atoms. The Morgan fingerprint density at radius 2 is 1.74 bits per heavy atom. The lowest BCUT2D eigenvalue weighted by atomic mass is 10.1. The van der Waals surface area contributed by atoms with Gasteiger partial charge in [0.1, 0.15) is 17.1 Å². The van der Waals surface area contributed by atoms with Gasteiger partial charge >= 0.3 is 0 Å². The standard InChI is InChI=1S/C31H47BrN6O6SSi/c1-20(2)44-27(28-33-16-21(3)17-34-28)22(4)45(39,40)37(13-14-46(8,9)10)30-36-35-29(25-15-24(41-7)11-12-26(25)32)38(30)23-18-42-31(5,6)43-19-23/h11-12,15-17,20,22-23,27H,13-14,18-19H2,1-10H3. The molecular weight excluding hydrogens is 692 g/mol. The van der Waals surface area contributed by atoms with E-state index in [1.807, 2.05) is 57.4 Å². The minimum atomic E-state index is -4.15. The maximum atomic E-state index is 14.9. The van der Waals surface area contributed by atoms with E-state index in [9.17, 15) is 8.42 Å². The Morgan fingerprint density at radius 3 is 2.30 bits per heavy atom. The van der Waals surface area contributed by atoms with Crippen LogP contribution < -0.4 is 9.04 Å². The first kappa shape index (κ1) is 36.4. The number of rotatable bonds is 13. The Labute approximate surface area is 282 Å². The summed E-state index contributed by atoms with van der Waals surface area (Å²) in [6, 6.07) is 5.80. The van der Waals surface area contributed by atoms with Crippen molar-refractivity contribution in [1.82, 2.24) is 24.7 Å². The van der Waals surface area contributed by atoms with Crippen LogP contribution in [0.2, 0.25) is 25.7 Å². The first-order valence-corrected chi connectivity index (χ1v) is 21.5. The number of nitrogens with zero attached hydrogens (tertiary/aromatic N) is 6. The zero-order valence-electron chi connectivity index (χ0n) is 28.4. The molecule has 0 spiro atoms. The normalized spacial score (nSPS) is 17.2. The predicted octanol–water partition coefficient (Wildman–Crippen LogP) is 6.17. The van der Waals surface area contributed by atoms with Crippen LogP contribution in [0.1, 0.15) is 58.2 Å². The third-order valence-electron chi connectivity index (χ3n) is 7.67. The molecule has 0 saturated carbocycles. The van der Waals surface area contributed by atoms with E-state index in [0.717, 1.165) is 10.0 Å². The summed E-state index contributed by atoms with van der Waals surface area (Å²) in [5.41, 5.74) is 1.55. The summed E-state index contributed by atoms with van der Waals surface area (Å²) in [5.74, 6) is 0.777. The Kier molecular flexibility index (Phi) is 11.4. The topological polar surface area (TPSA) is 131 Å². The number of anilines is 1. The van der Waals surface area contributed by atoms with Crippen molar-refractivity contribution in [3.8, 4) is 17.1 Å². The van der Waals surface area contributed by atoms with Crippen LogP contribution >= 0.6 is 15.9 Å². The number of methoxy groups -OCH3 is 1. The molecule has 0 amide bonds. The van der Waals surface area contributed by atoms with E-state index in [2.05, 4.69) is 55.7 Å². The highest BCUT2D eigenvalue weighted by atomic mass is 79.9. The van der Waals surface area contributed by atoms with Crippen LogP contribution in [0.15, 0.2) is 35.1 Å². The van der Waals surface area contributed by atoms with E-state index in [1.165, 1.54) is 4.31 Å². The SMILES string of the molecule is COc1ccc(Br)c(-c2nnc(N(CC[Si](C)(C)C)S(=O)(=O)C(C)C(OC(C)C)c3ncc(C)cn3)n2C2COC(C)(C)OC2)c1. The van der Waals surface area contributed by atoms with Crippen molar-refractivity contribution in [1.29, 1.82) is 0 Å². The van der Waals surface area contributed by atoms with E-state index in [0.29, 0.717) is 29.0 Å². The molecule has 0 aliphatic carbocycles. The minimum absolute atomic E-state index is 0.180. The second-order valence-electron chi connectivity index (χ2n) is 13.6. The van der Waals surface area contributed by atoms with Crippen molar-refractivity contribution >= 4 is 40.0 Å². The highest BCUT2D eigenvalue weighted by Gasteiger charge is 2.42. The zero-order chi connectivity index (χ0) is 34.0. The molecule has 1 aromatic carbocycles. The zero-order valence-corrected chi connectivity index (χ0v) is 31.8. The Hall–Kier alpha value is -2.43. The Bertz CT molecular complexity index is 1590. The molecule has 1 fully saturated rings. The van der Waals surface area contributed by atoms with Crippen molar-refractivity contribution in [2.45, 2.75) is 96.5 Å². The second-order valence-corrected chi connectivity index (χ2v) is 22.3. The summed E-state index contributed by atoms with van der Waals surface area (Å²) in [6.07, 6.45) is 2.13. The molecule has 0 radical (unpaired) electrons. The van der Waals surface area contributed by atoms with Crippen LogP contribution in [0.3, 0.4) is 0 Å². The highest BCUT2D eigenvalue weighted by molar-refractivity contribution is 9.10. The maximum Gasteiger partial charge on any atom is 0.243 e. The third-order valence-corrected chi connectivity index (χ3v) is 12.2. The van der Waals surface area contributed by atoms with Crippen molar-refractivity contribution in [2.24, 2.45) is 0 Å². The van der Waals surface area contributed by atoms with Gasteiger partial charge in [0.2, 0.25) is 16.0 Å². The fraction of sp³-hybridized carbons (Fsp3) is 0.613. The van der Waals surface area contributed by atoms with E-state index < -0.39 is 41.3 Å². The fourth-order valence-corrected chi connectivity index (χ4v) is 8.05. The Balaban J connectivity index is 1.91. The van der Waals surface area contributed by atoms with Crippen molar-refractivity contribution < 1.29 is 27.4 Å². The number of halogens is 1. The highest BCUT2D eigenvalue weighted by Crippen LogP contribution is 2.38. The molecule has 1 aliphatic heterocycles. The van der Waals surface area contributed by atoms with Crippen LogP contribution in [-0.4, -0.2) is 85.2 Å².